The van der Waals surface area contributed by atoms with Gasteiger partial charge in [-0.3, -0.25) is 9.59 Å². The number of carboxylic acid groups (broad SMARTS) is 1. The van der Waals surface area contributed by atoms with Crippen LogP contribution in [0.4, 0.5) is 13.2 Å². The molecule has 25 heavy (non-hydrogen) atoms. The fourth-order valence-electron chi connectivity index (χ4n) is 2.19. The summed E-state index contributed by atoms with van der Waals surface area (Å²) in [7, 11) is 1.42. The number of carboxylic acids is 1. The van der Waals surface area contributed by atoms with E-state index in [1.165, 1.54) is 31.0 Å². The molecule has 1 aromatic carbocycles. The first kappa shape index (κ1) is 18.5. The fourth-order valence-corrected chi connectivity index (χ4v) is 2.19. The van der Waals surface area contributed by atoms with Crippen molar-refractivity contribution in [2.24, 2.45) is 0 Å². The van der Waals surface area contributed by atoms with E-state index in [2.05, 4.69) is 5.16 Å². The van der Waals surface area contributed by atoms with Crippen LogP contribution in [0.1, 0.15) is 28.1 Å². The molecule has 134 valence electrons. The van der Waals surface area contributed by atoms with Crippen molar-refractivity contribution in [2.45, 2.75) is 19.5 Å². The highest BCUT2D eigenvalue weighted by atomic mass is 19.4. The highest BCUT2D eigenvalue weighted by Gasteiger charge is 2.31. The van der Waals surface area contributed by atoms with Gasteiger partial charge < -0.3 is 14.5 Å². The molecule has 9 heteroatoms. The molecule has 0 saturated carbocycles. The Labute approximate surface area is 140 Å². The van der Waals surface area contributed by atoms with Gasteiger partial charge in [0, 0.05) is 19.2 Å². The van der Waals surface area contributed by atoms with Gasteiger partial charge in [0.25, 0.3) is 5.91 Å². The minimum absolute atomic E-state index is 0.0226. The number of hydrogen-bond donors (Lipinski definition) is 1. The quantitative estimate of drug-likeness (QED) is 0.889. The molecule has 0 fully saturated rings. The molecule has 2 aromatic rings. The zero-order valence-electron chi connectivity index (χ0n) is 13.4. The molecule has 6 nitrogen and oxygen atoms in total. The smallest absolute Gasteiger partial charge is 0.416 e. The molecule has 2 rings (SSSR count). The first-order chi connectivity index (χ1) is 11.6. The average Bonchev–Trinajstić information content (AvgIpc) is 2.92. The van der Waals surface area contributed by atoms with E-state index < -0.39 is 23.6 Å². The van der Waals surface area contributed by atoms with Crippen LogP contribution in [-0.4, -0.2) is 40.6 Å². The molecule has 1 heterocycles. The molecule has 0 spiro atoms. The van der Waals surface area contributed by atoms with Crippen molar-refractivity contribution in [3.63, 3.8) is 0 Å². The molecule has 1 aromatic heterocycles. The number of aliphatic carboxylic acids is 1. The second-order valence-electron chi connectivity index (χ2n) is 5.41. The number of hydrogen-bond acceptors (Lipinski definition) is 4. The van der Waals surface area contributed by atoms with Crippen LogP contribution in [0.2, 0.25) is 0 Å². The maximum Gasteiger partial charge on any atom is 0.416 e. The van der Waals surface area contributed by atoms with Gasteiger partial charge in [-0.2, -0.15) is 13.2 Å². The Balaban J connectivity index is 2.32. The molecule has 0 saturated heterocycles. The van der Waals surface area contributed by atoms with E-state index >= 15 is 0 Å². The summed E-state index contributed by atoms with van der Waals surface area (Å²) < 4.78 is 42.9. The topological polar surface area (TPSA) is 83.6 Å². The lowest BCUT2D eigenvalue weighted by Gasteiger charge is -2.16. The molecular weight excluding hydrogens is 341 g/mol. The number of carbonyl (C=O) groups excluding carboxylic acids is 1. The lowest BCUT2D eigenvalue weighted by atomic mass is 10.0. The monoisotopic (exact) mass is 356 g/mol. The number of aryl methyl sites for hydroxylation is 1. The maximum absolute atomic E-state index is 12.6. The van der Waals surface area contributed by atoms with Crippen LogP contribution in [0.3, 0.4) is 0 Å². The predicted molar refractivity (Wildman–Crippen MR) is 80.9 cm³/mol. The summed E-state index contributed by atoms with van der Waals surface area (Å²) >= 11 is 0. The molecule has 0 aliphatic heterocycles. The van der Waals surface area contributed by atoms with Crippen LogP contribution < -0.4 is 0 Å². The van der Waals surface area contributed by atoms with Crippen molar-refractivity contribution < 1.29 is 32.4 Å². The van der Waals surface area contributed by atoms with Crippen molar-refractivity contribution in [3.05, 3.63) is 41.2 Å². The molecule has 1 amide bonds. The first-order valence-electron chi connectivity index (χ1n) is 7.22. The lowest BCUT2D eigenvalue weighted by molar-refractivity contribution is -0.138. The molecule has 0 radical (unpaired) electrons. The molecule has 0 bridgehead atoms. The maximum atomic E-state index is 12.6. The predicted octanol–water partition coefficient (Wildman–Crippen LogP) is 3.22. The van der Waals surface area contributed by atoms with Crippen LogP contribution in [0.5, 0.6) is 0 Å². The van der Waals surface area contributed by atoms with Crippen molar-refractivity contribution in [1.82, 2.24) is 10.1 Å². The molecule has 1 N–H and O–H groups in total. The van der Waals surface area contributed by atoms with E-state index in [-0.39, 0.29) is 30.0 Å². The first-order valence-corrected chi connectivity index (χ1v) is 7.22. The highest BCUT2D eigenvalue weighted by molar-refractivity contribution is 6.00. The summed E-state index contributed by atoms with van der Waals surface area (Å²) in [5.41, 5.74) is -0.325. The summed E-state index contributed by atoms with van der Waals surface area (Å²) in [5, 5.41) is 12.4. The van der Waals surface area contributed by atoms with Crippen LogP contribution >= 0.6 is 0 Å². The molecule has 0 atom stereocenters. The minimum atomic E-state index is -4.46. The number of rotatable bonds is 5. The lowest BCUT2D eigenvalue weighted by Crippen LogP contribution is -2.29. The summed E-state index contributed by atoms with van der Waals surface area (Å²) in [4.78, 5) is 24.3. The van der Waals surface area contributed by atoms with Gasteiger partial charge in [-0.25, -0.2) is 0 Å². The Kier molecular flexibility index (Phi) is 5.15. The van der Waals surface area contributed by atoms with Crippen molar-refractivity contribution in [1.29, 1.82) is 0 Å². The van der Waals surface area contributed by atoms with Gasteiger partial charge in [-0.1, -0.05) is 17.3 Å². The number of alkyl halides is 3. The largest absolute Gasteiger partial charge is 0.481 e. The number of nitrogens with zero attached hydrogens (tertiary/aromatic N) is 2. The van der Waals surface area contributed by atoms with Crippen LogP contribution in [0.15, 0.2) is 28.8 Å². The van der Waals surface area contributed by atoms with Crippen LogP contribution in [0.25, 0.3) is 11.3 Å². The molecular formula is C16H15F3N2O4. The van der Waals surface area contributed by atoms with Crippen molar-refractivity contribution in [2.75, 3.05) is 13.6 Å². The third-order valence-electron chi connectivity index (χ3n) is 3.57. The standard InChI is InChI=1S/C16H15F3N2O4/c1-9-13(15(24)21(2)8-7-12(22)23)14(20-25-9)10-3-5-11(6-4-10)16(17,18)19/h3-6H,7-8H2,1-2H3,(H,22,23). The van der Waals surface area contributed by atoms with Gasteiger partial charge in [-0.15, -0.1) is 0 Å². The zero-order valence-corrected chi connectivity index (χ0v) is 13.4. The number of benzene rings is 1. The minimum Gasteiger partial charge on any atom is -0.481 e. The van der Waals surface area contributed by atoms with E-state index in [0.717, 1.165) is 12.1 Å². The van der Waals surface area contributed by atoms with Gasteiger partial charge in [0.1, 0.15) is 17.0 Å². The molecule has 0 aliphatic carbocycles. The third kappa shape index (κ3) is 4.17. The Hall–Kier alpha value is -2.84. The molecule has 0 unspecified atom stereocenters. The highest BCUT2D eigenvalue weighted by Crippen LogP contribution is 2.32. The van der Waals surface area contributed by atoms with Crippen LogP contribution in [0, 0.1) is 6.92 Å². The summed E-state index contributed by atoms with van der Waals surface area (Å²) in [6, 6.07) is 4.19. The fraction of sp³-hybridized carbons (Fsp3) is 0.312. The summed E-state index contributed by atoms with van der Waals surface area (Å²) in [6.07, 6.45) is -4.70. The third-order valence-corrected chi connectivity index (χ3v) is 3.57. The average molecular weight is 356 g/mol. The number of aromatic nitrogens is 1. The second-order valence-corrected chi connectivity index (χ2v) is 5.41. The molecule has 0 aliphatic rings. The van der Waals surface area contributed by atoms with E-state index in [1.807, 2.05) is 0 Å². The normalized spacial score (nSPS) is 11.4. The van der Waals surface area contributed by atoms with E-state index in [9.17, 15) is 22.8 Å². The van der Waals surface area contributed by atoms with Crippen molar-refractivity contribution in [3.8, 4) is 11.3 Å². The second kappa shape index (κ2) is 6.96. The van der Waals surface area contributed by atoms with Gasteiger partial charge in [0.2, 0.25) is 0 Å². The Morgan fingerprint density at radius 2 is 1.84 bits per heavy atom. The number of amides is 1. The summed E-state index contributed by atoms with van der Waals surface area (Å²) in [6.45, 7) is 1.48. The Morgan fingerprint density at radius 1 is 1.24 bits per heavy atom. The Bertz CT molecular complexity index is 782. The van der Waals surface area contributed by atoms with E-state index in [4.69, 9.17) is 9.63 Å². The van der Waals surface area contributed by atoms with E-state index in [0.29, 0.717) is 5.56 Å². The van der Waals surface area contributed by atoms with Gasteiger partial charge in [-0.05, 0) is 19.1 Å². The van der Waals surface area contributed by atoms with Gasteiger partial charge in [0.05, 0.1) is 12.0 Å². The number of carbonyl (C=O) groups is 2. The summed E-state index contributed by atoms with van der Waals surface area (Å²) in [5.74, 6) is -1.37. The Morgan fingerprint density at radius 3 is 2.36 bits per heavy atom. The van der Waals surface area contributed by atoms with Crippen molar-refractivity contribution >= 4 is 11.9 Å². The van der Waals surface area contributed by atoms with Gasteiger partial charge >= 0.3 is 12.1 Å². The SMILES string of the molecule is Cc1onc(-c2ccc(C(F)(F)F)cc2)c1C(=O)N(C)CCC(=O)O. The van der Waals surface area contributed by atoms with Gasteiger partial charge in [0.15, 0.2) is 0 Å². The van der Waals surface area contributed by atoms with E-state index in [1.54, 1.807) is 0 Å². The zero-order chi connectivity index (χ0) is 18.8. The number of halogens is 3. The van der Waals surface area contributed by atoms with Crippen LogP contribution in [-0.2, 0) is 11.0 Å².